The molecule has 0 aliphatic carbocycles. The zero-order valence-corrected chi connectivity index (χ0v) is 5.92. The molecule has 0 bridgehead atoms. The molecule has 1 aromatic heterocycles. The van der Waals surface area contributed by atoms with Crippen LogP contribution in [0.3, 0.4) is 0 Å². The van der Waals surface area contributed by atoms with Gasteiger partial charge >= 0.3 is 0 Å². The minimum absolute atomic E-state index is 0.501. The Kier molecular flexibility index (Phi) is 2.01. The lowest BCUT2D eigenvalue weighted by Gasteiger charge is -1.93. The first-order valence-electron chi connectivity index (χ1n) is 2.15. The molecule has 0 atom stereocenters. The summed E-state index contributed by atoms with van der Waals surface area (Å²) in [6.07, 6.45) is 0. The Balaban J connectivity index is 3.31. The average molecular weight is 185 g/mol. The summed E-state index contributed by atoms with van der Waals surface area (Å²) in [6, 6.07) is 0. The quantitative estimate of drug-likeness (QED) is 0.456. The van der Waals surface area contributed by atoms with E-state index in [-0.39, 0.29) is 0 Å². The first kappa shape index (κ1) is 7.63. The first-order chi connectivity index (χ1) is 4.61. The number of rotatable bonds is 0. The predicted molar refractivity (Wildman–Crippen MR) is 32.0 cm³/mol. The van der Waals surface area contributed by atoms with E-state index in [0.29, 0.717) is 0 Å². The number of aromatic nitrogens is 2. The van der Waals surface area contributed by atoms with Crippen molar-refractivity contribution in [2.24, 2.45) is 0 Å². The first-order valence-corrected chi connectivity index (χ1v) is 2.91. The van der Waals surface area contributed by atoms with Gasteiger partial charge in [0.1, 0.15) is 0 Å². The minimum atomic E-state index is -1.15. The van der Waals surface area contributed by atoms with Crippen LogP contribution in [0.1, 0.15) is 0 Å². The standard InChI is InChI=1S/C4Cl2F2N2/c5-1-2(7)9-4(6)10-3(1)8. The minimum Gasteiger partial charge on any atom is -0.187 e. The molecule has 2 nitrogen and oxygen atoms in total. The third kappa shape index (κ3) is 1.33. The molecule has 0 saturated heterocycles. The average Bonchev–Trinajstić information content (AvgIpc) is 1.82. The van der Waals surface area contributed by atoms with Crippen molar-refractivity contribution in [1.82, 2.24) is 9.97 Å². The maximum Gasteiger partial charge on any atom is 0.239 e. The monoisotopic (exact) mass is 184 g/mol. The molecule has 1 aromatic rings. The summed E-state index contributed by atoms with van der Waals surface area (Å²) >= 11 is 10.1. The molecule has 6 heteroatoms. The summed E-state index contributed by atoms with van der Waals surface area (Å²) in [5.41, 5.74) is 0. The van der Waals surface area contributed by atoms with E-state index in [0.717, 1.165) is 0 Å². The second kappa shape index (κ2) is 2.64. The zero-order chi connectivity index (χ0) is 7.72. The SMILES string of the molecule is Fc1nc(Cl)nc(F)c1Cl. The molecule has 54 valence electrons. The Morgan fingerprint density at radius 2 is 1.40 bits per heavy atom. The summed E-state index contributed by atoms with van der Waals surface area (Å²) in [6.45, 7) is 0. The highest BCUT2D eigenvalue weighted by Gasteiger charge is 2.09. The van der Waals surface area contributed by atoms with E-state index in [9.17, 15) is 8.78 Å². The van der Waals surface area contributed by atoms with Crippen LogP contribution in [-0.4, -0.2) is 9.97 Å². The highest BCUT2D eigenvalue weighted by atomic mass is 35.5. The van der Waals surface area contributed by atoms with Crippen LogP contribution in [0.5, 0.6) is 0 Å². The summed E-state index contributed by atoms with van der Waals surface area (Å²) in [7, 11) is 0. The van der Waals surface area contributed by atoms with E-state index in [1.807, 2.05) is 0 Å². The maximum atomic E-state index is 12.2. The van der Waals surface area contributed by atoms with Gasteiger partial charge in [-0.15, -0.1) is 0 Å². The van der Waals surface area contributed by atoms with Gasteiger partial charge < -0.3 is 0 Å². The highest BCUT2D eigenvalue weighted by Crippen LogP contribution is 2.16. The van der Waals surface area contributed by atoms with Gasteiger partial charge in [0.15, 0.2) is 5.02 Å². The third-order valence-electron chi connectivity index (χ3n) is 0.743. The molecule has 0 saturated carbocycles. The van der Waals surface area contributed by atoms with Gasteiger partial charge in [-0.3, -0.25) is 0 Å². The maximum absolute atomic E-state index is 12.2. The van der Waals surface area contributed by atoms with E-state index in [4.69, 9.17) is 23.2 Å². The van der Waals surface area contributed by atoms with Crippen molar-refractivity contribution in [3.05, 3.63) is 22.2 Å². The second-order valence-electron chi connectivity index (χ2n) is 1.39. The van der Waals surface area contributed by atoms with Crippen LogP contribution in [0, 0.1) is 11.9 Å². The fourth-order valence-corrected chi connectivity index (χ4v) is 0.603. The van der Waals surface area contributed by atoms with Crippen molar-refractivity contribution in [3.8, 4) is 0 Å². The smallest absolute Gasteiger partial charge is 0.187 e. The third-order valence-corrected chi connectivity index (χ3v) is 1.22. The topological polar surface area (TPSA) is 25.8 Å². The highest BCUT2D eigenvalue weighted by molar-refractivity contribution is 6.31. The van der Waals surface area contributed by atoms with Crippen molar-refractivity contribution < 1.29 is 8.78 Å². The molecule has 0 spiro atoms. The van der Waals surface area contributed by atoms with E-state index in [1.54, 1.807) is 0 Å². The Labute approximate surface area is 64.8 Å². The molecule has 1 rings (SSSR count). The van der Waals surface area contributed by atoms with Crippen LogP contribution in [0.4, 0.5) is 8.78 Å². The number of hydrogen-bond acceptors (Lipinski definition) is 2. The van der Waals surface area contributed by atoms with Gasteiger partial charge in [0.05, 0.1) is 0 Å². The fraction of sp³-hybridized carbons (Fsp3) is 0. The molecule has 0 radical (unpaired) electrons. The molecular formula is C4Cl2F2N2. The van der Waals surface area contributed by atoms with E-state index < -0.39 is 22.2 Å². The molecule has 0 N–H and O–H groups in total. The van der Waals surface area contributed by atoms with Gasteiger partial charge in [-0.1, -0.05) is 11.6 Å². The molecule has 0 unspecified atom stereocenters. The van der Waals surface area contributed by atoms with Gasteiger partial charge in [0.25, 0.3) is 0 Å². The lowest BCUT2D eigenvalue weighted by molar-refractivity contribution is 0.526. The van der Waals surface area contributed by atoms with Crippen LogP contribution in [0.2, 0.25) is 10.3 Å². The van der Waals surface area contributed by atoms with Crippen LogP contribution in [0.25, 0.3) is 0 Å². The van der Waals surface area contributed by atoms with E-state index >= 15 is 0 Å². The van der Waals surface area contributed by atoms with Crippen molar-refractivity contribution in [1.29, 1.82) is 0 Å². The second-order valence-corrected chi connectivity index (χ2v) is 2.10. The van der Waals surface area contributed by atoms with Gasteiger partial charge in [-0.05, 0) is 11.6 Å². The van der Waals surface area contributed by atoms with Gasteiger partial charge in [-0.25, -0.2) is 0 Å². The van der Waals surface area contributed by atoms with E-state index in [1.165, 1.54) is 0 Å². The Morgan fingerprint density at radius 1 is 1.00 bits per heavy atom. The molecule has 0 aliphatic heterocycles. The molecule has 1 heterocycles. The van der Waals surface area contributed by atoms with E-state index in [2.05, 4.69) is 9.97 Å². The number of halogens is 4. The summed E-state index contributed by atoms with van der Waals surface area (Å²) in [5, 5.41) is -1.25. The van der Waals surface area contributed by atoms with Crippen molar-refractivity contribution >= 4 is 23.2 Å². The van der Waals surface area contributed by atoms with Crippen molar-refractivity contribution in [3.63, 3.8) is 0 Å². The Bertz CT molecular complexity index is 242. The van der Waals surface area contributed by atoms with Crippen molar-refractivity contribution in [2.45, 2.75) is 0 Å². The molecule has 10 heavy (non-hydrogen) atoms. The lowest BCUT2D eigenvalue weighted by atomic mass is 10.6. The Morgan fingerprint density at radius 3 is 1.80 bits per heavy atom. The fourth-order valence-electron chi connectivity index (χ4n) is 0.370. The number of nitrogens with zero attached hydrogens (tertiary/aromatic N) is 2. The molecular weight excluding hydrogens is 185 g/mol. The number of hydrogen-bond donors (Lipinski definition) is 0. The molecule has 0 amide bonds. The van der Waals surface area contributed by atoms with Crippen LogP contribution < -0.4 is 0 Å². The normalized spacial score (nSPS) is 10.0. The van der Waals surface area contributed by atoms with Crippen LogP contribution in [0.15, 0.2) is 0 Å². The largest absolute Gasteiger partial charge is 0.239 e. The predicted octanol–water partition coefficient (Wildman–Crippen LogP) is 2.06. The molecule has 0 fully saturated rings. The van der Waals surface area contributed by atoms with Gasteiger partial charge in [-0.2, -0.15) is 18.7 Å². The van der Waals surface area contributed by atoms with Crippen molar-refractivity contribution in [2.75, 3.05) is 0 Å². The summed E-state index contributed by atoms with van der Waals surface area (Å²) in [5.74, 6) is -2.31. The summed E-state index contributed by atoms with van der Waals surface area (Å²) in [4.78, 5) is 5.90. The zero-order valence-electron chi connectivity index (χ0n) is 4.41. The lowest BCUT2D eigenvalue weighted by Crippen LogP contribution is -1.93. The summed E-state index contributed by atoms with van der Waals surface area (Å²) < 4.78 is 24.5. The molecule has 0 aromatic carbocycles. The molecule has 0 aliphatic rings. The van der Waals surface area contributed by atoms with Gasteiger partial charge in [0, 0.05) is 0 Å². The van der Waals surface area contributed by atoms with Crippen LogP contribution in [-0.2, 0) is 0 Å². The Hall–Kier alpha value is -0.480. The van der Waals surface area contributed by atoms with Crippen LogP contribution >= 0.6 is 23.2 Å². The van der Waals surface area contributed by atoms with Gasteiger partial charge in [0.2, 0.25) is 17.2 Å².